The van der Waals surface area contributed by atoms with Gasteiger partial charge in [0, 0.05) is 43.2 Å². The van der Waals surface area contributed by atoms with Gasteiger partial charge in [0.2, 0.25) is 0 Å². The summed E-state index contributed by atoms with van der Waals surface area (Å²) in [7, 11) is -4.19. The highest BCUT2D eigenvalue weighted by Crippen LogP contribution is 2.34. The molecule has 11 heteroatoms. The first-order chi connectivity index (χ1) is 16.6. The molecule has 184 valence electrons. The van der Waals surface area contributed by atoms with E-state index in [1.807, 2.05) is 13.0 Å². The van der Waals surface area contributed by atoms with Gasteiger partial charge in [0.1, 0.15) is 12.0 Å². The second-order valence-corrected chi connectivity index (χ2v) is 10.9. The summed E-state index contributed by atoms with van der Waals surface area (Å²) in [4.78, 5) is 29.9. The molecule has 1 aliphatic heterocycles. The Morgan fingerprint density at radius 1 is 1.11 bits per heavy atom. The van der Waals surface area contributed by atoms with E-state index in [4.69, 9.17) is 11.6 Å². The maximum absolute atomic E-state index is 14.7. The van der Waals surface area contributed by atoms with Crippen LogP contribution < -0.4 is 0 Å². The number of ketones is 1. The molecule has 0 bridgehead atoms. The van der Waals surface area contributed by atoms with Crippen molar-refractivity contribution in [1.29, 1.82) is 0 Å². The van der Waals surface area contributed by atoms with Gasteiger partial charge in [-0.25, -0.2) is 27.8 Å². The highest BCUT2D eigenvalue weighted by molar-refractivity contribution is 7.89. The number of hydrogen-bond acceptors (Lipinski definition) is 7. The van der Waals surface area contributed by atoms with Gasteiger partial charge >= 0.3 is 0 Å². The van der Waals surface area contributed by atoms with E-state index in [0.717, 1.165) is 21.0 Å². The van der Waals surface area contributed by atoms with E-state index in [9.17, 15) is 17.6 Å². The number of hydrogen-bond donors (Lipinski definition) is 0. The molecule has 4 heterocycles. The van der Waals surface area contributed by atoms with E-state index in [0.29, 0.717) is 17.9 Å². The summed E-state index contributed by atoms with van der Waals surface area (Å²) in [5.41, 5.74) is 3.21. The van der Waals surface area contributed by atoms with E-state index in [-0.39, 0.29) is 28.7 Å². The zero-order valence-corrected chi connectivity index (χ0v) is 21.1. The van der Waals surface area contributed by atoms with Crippen LogP contribution in [0.5, 0.6) is 0 Å². The number of aromatic nitrogens is 4. The zero-order valence-electron chi connectivity index (χ0n) is 19.5. The Morgan fingerprint density at radius 3 is 2.49 bits per heavy atom. The summed E-state index contributed by atoms with van der Waals surface area (Å²) < 4.78 is 42.1. The highest BCUT2D eigenvalue weighted by atomic mass is 35.5. The topological polar surface area (TPSA) is 106 Å². The minimum Gasteiger partial charge on any atom is -0.298 e. The van der Waals surface area contributed by atoms with Gasteiger partial charge < -0.3 is 0 Å². The zero-order chi connectivity index (χ0) is 25.3. The molecule has 3 aromatic rings. The third kappa shape index (κ3) is 5.24. The Bertz CT molecular complexity index is 1340. The molecule has 0 saturated carbocycles. The average Bonchev–Trinajstić information content (AvgIpc) is 3.14. The molecule has 1 fully saturated rings. The predicted molar refractivity (Wildman–Crippen MR) is 129 cm³/mol. The Balaban J connectivity index is 1.54. The molecule has 0 radical (unpaired) electrons. The van der Waals surface area contributed by atoms with Gasteiger partial charge in [0.05, 0.1) is 22.8 Å². The summed E-state index contributed by atoms with van der Waals surface area (Å²) in [5.74, 6) is 0.308. The fraction of sp³-hybridized carbons (Fsp3) is 0.375. The third-order valence-corrected chi connectivity index (χ3v) is 8.36. The molecular formula is C24H25ClFN5O3S. The number of carbonyl (C=O) groups excluding carboxylic acids is 1. The molecular weight excluding hydrogens is 493 g/mol. The minimum absolute atomic E-state index is 0.0544. The Morgan fingerprint density at radius 2 is 1.83 bits per heavy atom. The normalized spacial score (nSPS) is 20.8. The highest BCUT2D eigenvalue weighted by Gasteiger charge is 2.49. The number of halogens is 2. The second kappa shape index (κ2) is 10.0. The number of pyridine rings is 2. The van der Waals surface area contributed by atoms with Crippen molar-refractivity contribution in [3.05, 3.63) is 65.0 Å². The molecule has 0 N–H and O–H groups in total. The second-order valence-electron chi connectivity index (χ2n) is 8.64. The standard InChI is InChI=1S/C24H25ClFN5O3S/c1-14-10-29-21(18-11-27-16(3)28-12-18)8-17(14)4-6-23(32)22-9-20(26)15(2)31(22)35(33,34)24-7-5-19(25)13-30-24/h5,7-8,10-13,15,20,22H,4,6,9H2,1-3H3/t15-,20+,22-/m0/s1. The number of Topliss-reactive ketones (excluding diaryl/α,β-unsaturated/α-hetero) is 1. The monoisotopic (exact) mass is 517 g/mol. The van der Waals surface area contributed by atoms with Gasteiger partial charge in [-0.3, -0.25) is 9.78 Å². The molecule has 3 aromatic heterocycles. The number of alkyl halides is 1. The quantitative estimate of drug-likeness (QED) is 0.468. The third-order valence-electron chi connectivity index (χ3n) is 6.23. The molecule has 1 aliphatic rings. The lowest BCUT2D eigenvalue weighted by Gasteiger charge is -2.26. The van der Waals surface area contributed by atoms with Crippen LogP contribution in [0.2, 0.25) is 5.02 Å². The largest absolute Gasteiger partial charge is 0.298 e. The van der Waals surface area contributed by atoms with Crippen molar-refractivity contribution in [3.63, 3.8) is 0 Å². The minimum atomic E-state index is -4.19. The van der Waals surface area contributed by atoms with E-state index >= 15 is 0 Å². The van der Waals surface area contributed by atoms with Crippen LogP contribution in [0.4, 0.5) is 4.39 Å². The molecule has 0 aliphatic carbocycles. The van der Waals surface area contributed by atoms with Crippen LogP contribution in [-0.4, -0.2) is 56.7 Å². The van der Waals surface area contributed by atoms with Crippen LogP contribution in [0.3, 0.4) is 0 Å². The van der Waals surface area contributed by atoms with Gasteiger partial charge in [-0.1, -0.05) is 11.6 Å². The van der Waals surface area contributed by atoms with E-state index in [2.05, 4.69) is 19.9 Å². The lowest BCUT2D eigenvalue weighted by Crippen LogP contribution is -2.45. The van der Waals surface area contributed by atoms with Crippen LogP contribution in [0.25, 0.3) is 11.3 Å². The molecule has 3 atom stereocenters. The lowest BCUT2D eigenvalue weighted by molar-refractivity contribution is -0.122. The Labute approximate surface area is 208 Å². The first-order valence-electron chi connectivity index (χ1n) is 11.1. The fourth-order valence-corrected chi connectivity index (χ4v) is 6.04. The smallest absolute Gasteiger partial charge is 0.261 e. The summed E-state index contributed by atoms with van der Waals surface area (Å²) >= 11 is 5.83. The van der Waals surface area contributed by atoms with Crippen LogP contribution in [0.1, 0.15) is 36.7 Å². The summed E-state index contributed by atoms with van der Waals surface area (Å²) in [6.07, 6.45) is 5.07. The molecule has 8 nitrogen and oxygen atoms in total. The lowest BCUT2D eigenvalue weighted by atomic mass is 9.99. The van der Waals surface area contributed by atoms with E-state index < -0.39 is 28.3 Å². The predicted octanol–water partition coefficient (Wildman–Crippen LogP) is 3.90. The average molecular weight is 518 g/mol. The molecule has 0 amide bonds. The maximum atomic E-state index is 14.7. The number of carbonyl (C=O) groups is 1. The van der Waals surface area contributed by atoms with Crippen LogP contribution >= 0.6 is 11.6 Å². The van der Waals surface area contributed by atoms with Gasteiger partial charge in [-0.15, -0.1) is 0 Å². The van der Waals surface area contributed by atoms with E-state index in [1.165, 1.54) is 25.3 Å². The van der Waals surface area contributed by atoms with Gasteiger partial charge in [-0.2, -0.15) is 4.31 Å². The van der Waals surface area contributed by atoms with Crippen molar-refractivity contribution in [3.8, 4) is 11.3 Å². The molecule has 0 aromatic carbocycles. The van der Waals surface area contributed by atoms with Crippen molar-refractivity contribution in [2.75, 3.05) is 0 Å². The van der Waals surface area contributed by atoms with Crippen LogP contribution in [0.15, 0.2) is 48.0 Å². The maximum Gasteiger partial charge on any atom is 0.261 e. The van der Waals surface area contributed by atoms with E-state index in [1.54, 1.807) is 25.5 Å². The SMILES string of the molecule is Cc1ncc(-c2cc(CCC(=O)[C@@H]3C[C@@H](F)[C@H](C)N3S(=O)(=O)c3ccc(Cl)cn3)c(C)cn2)cn1. The summed E-state index contributed by atoms with van der Waals surface area (Å²) in [6.45, 7) is 5.15. The van der Waals surface area contributed by atoms with Crippen LogP contribution in [0, 0.1) is 13.8 Å². The molecule has 1 saturated heterocycles. The van der Waals surface area contributed by atoms with Crippen LogP contribution in [-0.2, 0) is 21.2 Å². The summed E-state index contributed by atoms with van der Waals surface area (Å²) in [5, 5.41) is 0.00860. The first-order valence-corrected chi connectivity index (χ1v) is 13.0. The Kier molecular flexibility index (Phi) is 7.25. The van der Waals surface area contributed by atoms with Gasteiger partial charge in [-0.05, 0) is 56.5 Å². The van der Waals surface area contributed by atoms with Crippen molar-refractivity contribution in [2.24, 2.45) is 0 Å². The molecule has 0 spiro atoms. The summed E-state index contributed by atoms with van der Waals surface area (Å²) in [6, 6.07) is 2.44. The van der Waals surface area contributed by atoms with Crippen molar-refractivity contribution in [1.82, 2.24) is 24.2 Å². The molecule has 4 rings (SSSR count). The van der Waals surface area contributed by atoms with Gasteiger partial charge in [0.15, 0.2) is 10.8 Å². The number of nitrogens with zero attached hydrogens (tertiary/aromatic N) is 5. The fourth-order valence-electron chi connectivity index (χ4n) is 4.18. The van der Waals surface area contributed by atoms with Gasteiger partial charge in [0.25, 0.3) is 10.0 Å². The molecule has 0 unspecified atom stereocenters. The first kappa shape index (κ1) is 25.3. The Hall–Kier alpha value is -2.82. The number of aryl methyl sites for hydroxylation is 3. The number of sulfonamides is 1. The van der Waals surface area contributed by atoms with Crippen molar-refractivity contribution >= 4 is 27.4 Å². The van der Waals surface area contributed by atoms with Crippen molar-refractivity contribution < 1.29 is 17.6 Å². The number of rotatable bonds is 7. The van der Waals surface area contributed by atoms with Crippen molar-refractivity contribution in [2.45, 2.75) is 63.3 Å². The molecule has 35 heavy (non-hydrogen) atoms.